The number of rotatable bonds is 4. The van der Waals surface area contributed by atoms with Gasteiger partial charge >= 0.3 is 0 Å². The summed E-state index contributed by atoms with van der Waals surface area (Å²) in [6, 6.07) is 9.06. The maximum Gasteiger partial charge on any atom is 0.193 e. The first-order valence-electron chi connectivity index (χ1n) is 9.99. The molecule has 148 valence electrons. The molecule has 3 aliphatic rings. The van der Waals surface area contributed by atoms with E-state index in [9.17, 15) is 0 Å². The third-order valence-electron chi connectivity index (χ3n) is 5.70. The maximum atomic E-state index is 5.79. The highest BCUT2D eigenvalue weighted by atomic mass is 127. The van der Waals surface area contributed by atoms with Crippen molar-refractivity contribution in [2.45, 2.75) is 31.7 Å². The number of guanidine groups is 1. The number of nitrogens with zero attached hydrogens (tertiary/aromatic N) is 3. The summed E-state index contributed by atoms with van der Waals surface area (Å²) in [5, 5.41) is 3.51. The molecular formula is C21H31IN4O. The monoisotopic (exact) mass is 482 g/mol. The highest BCUT2D eigenvalue weighted by Crippen LogP contribution is 2.33. The Hall–Kier alpha value is -1.28. The Balaban J connectivity index is 0.00000210. The van der Waals surface area contributed by atoms with Gasteiger partial charge in [0.2, 0.25) is 0 Å². The van der Waals surface area contributed by atoms with Crippen molar-refractivity contribution >= 4 is 29.9 Å². The van der Waals surface area contributed by atoms with Crippen molar-refractivity contribution in [3.05, 3.63) is 42.0 Å². The van der Waals surface area contributed by atoms with Crippen LogP contribution in [0.5, 0.6) is 5.75 Å². The van der Waals surface area contributed by atoms with Gasteiger partial charge in [0, 0.05) is 51.2 Å². The van der Waals surface area contributed by atoms with Crippen LogP contribution in [0, 0.1) is 0 Å². The Morgan fingerprint density at radius 1 is 1.22 bits per heavy atom. The lowest BCUT2D eigenvalue weighted by molar-refractivity contribution is 0.259. The average molecular weight is 482 g/mol. The summed E-state index contributed by atoms with van der Waals surface area (Å²) < 4.78 is 5.79. The van der Waals surface area contributed by atoms with Crippen LogP contribution in [0.1, 0.15) is 31.2 Å². The number of hydrogen-bond donors (Lipinski definition) is 1. The number of nitrogens with one attached hydrogen (secondary N) is 1. The zero-order valence-corrected chi connectivity index (χ0v) is 18.5. The molecule has 0 amide bonds. The van der Waals surface area contributed by atoms with Crippen LogP contribution in [-0.4, -0.2) is 67.7 Å². The largest absolute Gasteiger partial charge is 0.493 e. The first-order chi connectivity index (χ1) is 12.8. The minimum Gasteiger partial charge on any atom is -0.493 e. The second-order valence-corrected chi connectivity index (χ2v) is 7.38. The predicted molar refractivity (Wildman–Crippen MR) is 121 cm³/mol. The molecule has 0 aromatic heterocycles. The van der Waals surface area contributed by atoms with Gasteiger partial charge in [-0.05, 0) is 31.4 Å². The van der Waals surface area contributed by atoms with E-state index < -0.39 is 0 Å². The van der Waals surface area contributed by atoms with Crippen molar-refractivity contribution in [3.8, 4) is 5.75 Å². The molecule has 2 atom stereocenters. The van der Waals surface area contributed by atoms with E-state index in [2.05, 4.69) is 52.4 Å². The third-order valence-corrected chi connectivity index (χ3v) is 5.70. The van der Waals surface area contributed by atoms with Crippen molar-refractivity contribution in [2.75, 3.05) is 45.9 Å². The van der Waals surface area contributed by atoms with Gasteiger partial charge in [-0.1, -0.05) is 30.4 Å². The summed E-state index contributed by atoms with van der Waals surface area (Å²) in [7, 11) is 0. The van der Waals surface area contributed by atoms with E-state index in [0.717, 1.165) is 64.0 Å². The Morgan fingerprint density at radius 3 is 2.85 bits per heavy atom. The van der Waals surface area contributed by atoms with E-state index >= 15 is 0 Å². The molecule has 0 aliphatic carbocycles. The zero-order valence-electron chi connectivity index (χ0n) is 16.1. The van der Waals surface area contributed by atoms with Crippen LogP contribution >= 0.6 is 24.0 Å². The summed E-state index contributed by atoms with van der Waals surface area (Å²) in [6.45, 7) is 9.06. The number of aliphatic imine (C=N–C) groups is 1. The topological polar surface area (TPSA) is 40.1 Å². The molecule has 0 radical (unpaired) electrons. The van der Waals surface area contributed by atoms with Gasteiger partial charge < -0.3 is 15.0 Å². The van der Waals surface area contributed by atoms with Crippen LogP contribution < -0.4 is 10.1 Å². The second-order valence-electron chi connectivity index (χ2n) is 7.38. The molecule has 27 heavy (non-hydrogen) atoms. The fraction of sp³-hybridized carbons (Fsp3) is 0.571. The quantitative estimate of drug-likeness (QED) is 0.310. The molecule has 1 N–H and O–H groups in total. The second kappa shape index (κ2) is 9.78. The van der Waals surface area contributed by atoms with Gasteiger partial charge in [0.25, 0.3) is 0 Å². The van der Waals surface area contributed by atoms with Gasteiger partial charge in [0.05, 0.1) is 6.61 Å². The Kier molecular flexibility index (Phi) is 7.41. The first-order valence-corrected chi connectivity index (χ1v) is 9.99. The molecule has 0 bridgehead atoms. The molecule has 1 aromatic rings. The van der Waals surface area contributed by atoms with E-state index in [1.165, 1.54) is 12.0 Å². The molecule has 3 heterocycles. The number of benzene rings is 1. The molecule has 3 aliphatic heterocycles. The fourth-order valence-electron chi connectivity index (χ4n) is 4.25. The zero-order chi connectivity index (χ0) is 17.8. The molecule has 1 fully saturated rings. The van der Waals surface area contributed by atoms with Crippen LogP contribution in [0.4, 0.5) is 0 Å². The van der Waals surface area contributed by atoms with E-state index in [1.54, 1.807) is 0 Å². The van der Waals surface area contributed by atoms with Gasteiger partial charge in [-0.3, -0.25) is 9.89 Å². The Bertz CT molecular complexity index is 670. The molecule has 0 saturated carbocycles. The first kappa shape index (κ1) is 20.5. The number of fused-ring (bicyclic) bond motifs is 1. The Labute approximate surface area is 179 Å². The third kappa shape index (κ3) is 4.77. The predicted octanol–water partition coefficient (Wildman–Crippen LogP) is 3.08. The molecular weight excluding hydrogens is 451 g/mol. The van der Waals surface area contributed by atoms with Gasteiger partial charge in [-0.25, -0.2) is 0 Å². The van der Waals surface area contributed by atoms with Crippen molar-refractivity contribution in [1.29, 1.82) is 0 Å². The summed E-state index contributed by atoms with van der Waals surface area (Å²) in [5.41, 5.74) is 1.31. The van der Waals surface area contributed by atoms with E-state index in [4.69, 9.17) is 9.73 Å². The molecule has 1 saturated heterocycles. The normalized spacial score (nSPS) is 25.1. The lowest BCUT2D eigenvalue weighted by Crippen LogP contribution is -2.43. The van der Waals surface area contributed by atoms with Crippen LogP contribution in [0.3, 0.4) is 0 Å². The van der Waals surface area contributed by atoms with E-state index in [0.29, 0.717) is 12.0 Å². The van der Waals surface area contributed by atoms with Gasteiger partial charge in [-0.2, -0.15) is 0 Å². The minimum atomic E-state index is 0. The van der Waals surface area contributed by atoms with Crippen molar-refractivity contribution in [3.63, 3.8) is 0 Å². The standard InChI is InChI=1S/C21H30N4O.HI/c1-2-22-21(25-13-9-18(16-25)24-11-5-6-12-24)23-15-17-10-14-26-20-8-4-3-7-19(17)20;/h3-8,17-18H,2,9-16H2,1H3,(H,22,23);1H. The van der Waals surface area contributed by atoms with Crippen LogP contribution in [0.2, 0.25) is 0 Å². The molecule has 0 spiro atoms. The average Bonchev–Trinajstić information content (AvgIpc) is 3.36. The lowest BCUT2D eigenvalue weighted by Gasteiger charge is -2.27. The smallest absolute Gasteiger partial charge is 0.193 e. The number of likely N-dealkylation sites (tertiary alicyclic amines) is 1. The molecule has 5 nitrogen and oxygen atoms in total. The summed E-state index contributed by atoms with van der Waals surface area (Å²) >= 11 is 0. The SMILES string of the molecule is CCNC(=NCC1CCOc2ccccc21)N1CCC(N2CC=CC2)C1.I. The number of para-hydroxylation sites is 1. The number of ether oxygens (including phenoxy) is 1. The Morgan fingerprint density at radius 2 is 2.04 bits per heavy atom. The van der Waals surface area contributed by atoms with E-state index in [1.807, 2.05) is 6.07 Å². The van der Waals surface area contributed by atoms with Crippen LogP contribution in [0.15, 0.2) is 41.4 Å². The molecule has 2 unspecified atom stereocenters. The summed E-state index contributed by atoms with van der Waals surface area (Å²) in [4.78, 5) is 10.0. The van der Waals surface area contributed by atoms with Crippen LogP contribution in [0.25, 0.3) is 0 Å². The highest BCUT2D eigenvalue weighted by molar-refractivity contribution is 14.0. The molecule has 1 aromatic carbocycles. The summed E-state index contributed by atoms with van der Waals surface area (Å²) in [5.74, 6) is 2.56. The van der Waals surface area contributed by atoms with Crippen molar-refractivity contribution < 1.29 is 4.74 Å². The van der Waals surface area contributed by atoms with Gasteiger partial charge in [0.15, 0.2) is 5.96 Å². The maximum absolute atomic E-state index is 5.79. The van der Waals surface area contributed by atoms with Gasteiger partial charge in [-0.15, -0.1) is 24.0 Å². The van der Waals surface area contributed by atoms with Crippen molar-refractivity contribution in [1.82, 2.24) is 15.1 Å². The van der Waals surface area contributed by atoms with Crippen LogP contribution in [-0.2, 0) is 0 Å². The number of halogens is 1. The van der Waals surface area contributed by atoms with Gasteiger partial charge in [0.1, 0.15) is 5.75 Å². The number of hydrogen-bond acceptors (Lipinski definition) is 3. The lowest BCUT2D eigenvalue weighted by atomic mass is 9.93. The van der Waals surface area contributed by atoms with Crippen molar-refractivity contribution in [2.24, 2.45) is 4.99 Å². The van der Waals surface area contributed by atoms with E-state index in [-0.39, 0.29) is 24.0 Å². The fourth-order valence-corrected chi connectivity index (χ4v) is 4.25. The minimum absolute atomic E-state index is 0. The summed E-state index contributed by atoms with van der Waals surface area (Å²) in [6.07, 6.45) is 6.84. The molecule has 6 heteroatoms. The molecule has 4 rings (SSSR count). The highest BCUT2D eigenvalue weighted by Gasteiger charge is 2.30.